The lowest BCUT2D eigenvalue weighted by molar-refractivity contribution is -0.130. The maximum Gasteiger partial charge on any atom is 0.254 e. The highest BCUT2D eigenvalue weighted by molar-refractivity contribution is 5.94. The van der Waals surface area contributed by atoms with Gasteiger partial charge in [0.25, 0.3) is 5.91 Å². The zero-order valence-corrected chi connectivity index (χ0v) is 17.8. The Hall–Kier alpha value is -3.30. The largest absolute Gasteiger partial charge is 0.491 e. The van der Waals surface area contributed by atoms with Gasteiger partial charge < -0.3 is 14.5 Å². The summed E-state index contributed by atoms with van der Waals surface area (Å²) in [6.45, 7) is 7.18. The molecule has 2 amide bonds. The summed E-state index contributed by atoms with van der Waals surface area (Å²) in [4.78, 5) is 30.7. The monoisotopic (exact) mass is 417 g/mol. The van der Waals surface area contributed by atoms with E-state index in [0.717, 1.165) is 44.0 Å². The van der Waals surface area contributed by atoms with Gasteiger partial charge in [-0.2, -0.15) is 0 Å². The number of fused-ring (bicyclic) bond motifs is 1. The van der Waals surface area contributed by atoms with Crippen LogP contribution in [0.2, 0.25) is 0 Å². The SMILES string of the molecule is C#Cc1cccc(C(=O)N2CCOc3ccc(CN4CCN(C(C)=O)CC4)cc3C2)c1. The smallest absolute Gasteiger partial charge is 0.254 e. The first-order chi connectivity index (χ1) is 15.0. The maximum absolute atomic E-state index is 13.1. The standard InChI is InChI=1S/C25H27N3O3/c1-3-20-5-4-6-22(15-20)25(30)28-13-14-31-24-8-7-21(16-23(24)18-28)17-26-9-11-27(12-10-26)19(2)29/h1,4-8,15-16H,9-14,17-18H2,2H3. The van der Waals surface area contributed by atoms with E-state index in [-0.39, 0.29) is 11.8 Å². The molecule has 1 saturated heterocycles. The molecule has 6 nitrogen and oxygen atoms in total. The number of hydrogen-bond donors (Lipinski definition) is 0. The van der Waals surface area contributed by atoms with Crippen LogP contribution in [0.3, 0.4) is 0 Å². The number of nitrogens with zero attached hydrogens (tertiary/aromatic N) is 3. The summed E-state index contributed by atoms with van der Waals surface area (Å²) in [5.41, 5.74) is 3.49. The molecule has 2 aliphatic heterocycles. The predicted octanol–water partition coefficient (Wildman–Crippen LogP) is 2.37. The van der Waals surface area contributed by atoms with Crippen LogP contribution in [0.15, 0.2) is 42.5 Å². The molecule has 0 unspecified atom stereocenters. The van der Waals surface area contributed by atoms with E-state index >= 15 is 0 Å². The fraction of sp³-hybridized carbons (Fsp3) is 0.360. The lowest BCUT2D eigenvalue weighted by Crippen LogP contribution is -2.47. The van der Waals surface area contributed by atoms with Gasteiger partial charge in [0.1, 0.15) is 12.4 Å². The van der Waals surface area contributed by atoms with Gasteiger partial charge >= 0.3 is 0 Å². The van der Waals surface area contributed by atoms with E-state index in [1.807, 2.05) is 28.0 Å². The van der Waals surface area contributed by atoms with Crippen molar-refractivity contribution in [2.45, 2.75) is 20.0 Å². The van der Waals surface area contributed by atoms with Crippen molar-refractivity contribution < 1.29 is 14.3 Å². The first-order valence-electron chi connectivity index (χ1n) is 10.6. The molecule has 2 aromatic rings. The first kappa shape index (κ1) is 21.0. The number of carbonyl (C=O) groups is 2. The molecule has 0 aliphatic carbocycles. The Balaban J connectivity index is 1.46. The van der Waals surface area contributed by atoms with E-state index in [9.17, 15) is 9.59 Å². The van der Waals surface area contributed by atoms with Gasteiger partial charge in [-0.3, -0.25) is 14.5 Å². The van der Waals surface area contributed by atoms with Gasteiger partial charge in [0.15, 0.2) is 0 Å². The van der Waals surface area contributed by atoms with Crippen LogP contribution in [0.25, 0.3) is 0 Å². The molecule has 0 bridgehead atoms. The zero-order valence-electron chi connectivity index (χ0n) is 17.8. The van der Waals surface area contributed by atoms with Gasteiger partial charge in [-0.25, -0.2) is 0 Å². The van der Waals surface area contributed by atoms with Crippen LogP contribution < -0.4 is 4.74 Å². The second-order valence-corrected chi connectivity index (χ2v) is 8.02. The Morgan fingerprint density at radius 2 is 1.84 bits per heavy atom. The first-order valence-corrected chi connectivity index (χ1v) is 10.6. The van der Waals surface area contributed by atoms with Gasteiger partial charge in [0.2, 0.25) is 5.91 Å². The van der Waals surface area contributed by atoms with Crippen molar-refractivity contribution in [2.75, 3.05) is 39.3 Å². The number of amides is 2. The molecule has 2 aliphatic rings. The molecule has 0 saturated carbocycles. The topological polar surface area (TPSA) is 53.1 Å². The van der Waals surface area contributed by atoms with Crippen LogP contribution in [0, 0.1) is 12.3 Å². The molecule has 1 fully saturated rings. The van der Waals surface area contributed by atoms with Crippen molar-refractivity contribution in [3.05, 3.63) is 64.7 Å². The third-order valence-corrected chi connectivity index (χ3v) is 5.89. The molecule has 0 aromatic heterocycles. The van der Waals surface area contributed by atoms with E-state index < -0.39 is 0 Å². The van der Waals surface area contributed by atoms with Crippen molar-refractivity contribution in [3.63, 3.8) is 0 Å². The average molecular weight is 418 g/mol. The molecule has 0 radical (unpaired) electrons. The highest BCUT2D eigenvalue weighted by Crippen LogP contribution is 2.26. The van der Waals surface area contributed by atoms with Crippen LogP contribution in [-0.2, 0) is 17.9 Å². The molecular weight excluding hydrogens is 390 g/mol. The fourth-order valence-electron chi connectivity index (χ4n) is 4.12. The summed E-state index contributed by atoms with van der Waals surface area (Å²) in [5, 5.41) is 0. The van der Waals surface area contributed by atoms with Crippen molar-refractivity contribution in [3.8, 4) is 18.1 Å². The van der Waals surface area contributed by atoms with Crippen LogP contribution >= 0.6 is 0 Å². The summed E-state index contributed by atoms with van der Waals surface area (Å²) in [6, 6.07) is 13.4. The predicted molar refractivity (Wildman–Crippen MR) is 119 cm³/mol. The van der Waals surface area contributed by atoms with Crippen LogP contribution in [0.1, 0.15) is 34.0 Å². The number of terminal acetylenes is 1. The zero-order chi connectivity index (χ0) is 21.8. The van der Waals surface area contributed by atoms with Gasteiger partial charge in [-0.15, -0.1) is 6.42 Å². The number of ether oxygens (including phenoxy) is 1. The normalized spacial score (nSPS) is 16.6. The quantitative estimate of drug-likeness (QED) is 0.720. The summed E-state index contributed by atoms with van der Waals surface area (Å²) in [6.07, 6.45) is 5.48. The highest BCUT2D eigenvalue weighted by atomic mass is 16.5. The molecular formula is C25H27N3O3. The number of carbonyl (C=O) groups excluding carboxylic acids is 2. The average Bonchev–Trinajstić information content (AvgIpc) is 3.01. The van der Waals surface area contributed by atoms with Crippen LogP contribution in [0.5, 0.6) is 5.75 Å². The Kier molecular flexibility index (Phi) is 6.24. The molecule has 0 N–H and O–H groups in total. The summed E-state index contributed by atoms with van der Waals surface area (Å²) < 4.78 is 5.91. The van der Waals surface area contributed by atoms with E-state index in [4.69, 9.17) is 11.2 Å². The minimum atomic E-state index is -0.0423. The molecule has 6 heteroatoms. The van der Waals surface area contributed by atoms with Crippen molar-refractivity contribution in [2.24, 2.45) is 0 Å². The summed E-state index contributed by atoms with van der Waals surface area (Å²) in [7, 11) is 0. The molecule has 2 heterocycles. The molecule has 160 valence electrons. The molecule has 31 heavy (non-hydrogen) atoms. The molecule has 0 atom stereocenters. The van der Waals surface area contributed by atoms with Gasteiger partial charge in [-0.1, -0.05) is 18.1 Å². The Morgan fingerprint density at radius 3 is 2.58 bits per heavy atom. The number of benzene rings is 2. The van der Waals surface area contributed by atoms with E-state index in [1.165, 1.54) is 5.56 Å². The second-order valence-electron chi connectivity index (χ2n) is 8.02. The molecule has 0 spiro atoms. The van der Waals surface area contributed by atoms with Gasteiger partial charge in [0.05, 0.1) is 6.54 Å². The number of rotatable bonds is 3. The van der Waals surface area contributed by atoms with Crippen molar-refractivity contribution in [1.82, 2.24) is 14.7 Å². The van der Waals surface area contributed by atoms with Crippen molar-refractivity contribution >= 4 is 11.8 Å². The van der Waals surface area contributed by atoms with Crippen LogP contribution in [0.4, 0.5) is 0 Å². The third-order valence-electron chi connectivity index (χ3n) is 5.89. The van der Waals surface area contributed by atoms with Crippen molar-refractivity contribution in [1.29, 1.82) is 0 Å². The fourth-order valence-corrected chi connectivity index (χ4v) is 4.12. The van der Waals surface area contributed by atoms with Crippen LogP contribution in [-0.4, -0.2) is 65.8 Å². The molecule has 2 aromatic carbocycles. The Morgan fingerprint density at radius 1 is 1.03 bits per heavy atom. The minimum Gasteiger partial charge on any atom is -0.491 e. The number of piperazine rings is 1. The number of hydrogen-bond acceptors (Lipinski definition) is 4. The third kappa shape index (κ3) is 4.89. The molecule has 4 rings (SSSR count). The summed E-state index contributed by atoms with van der Waals surface area (Å²) in [5.74, 6) is 3.51. The highest BCUT2D eigenvalue weighted by Gasteiger charge is 2.23. The lowest BCUT2D eigenvalue weighted by Gasteiger charge is -2.34. The second kappa shape index (κ2) is 9.23. The van der Waals surface area contributed by atoms with E-state index in [2.05, 4.69) is 23.0 Å². The Bertz CT molecular complexity index is 1020. The minimum absolute atomic E-state index is 0.0423. The summed E-state index contributed by atoms with van der Waals surface area (Å²) >= 11 is 0. The Labute approximate surface area is 183 Å². The van der Waals surface area contributed by atoms with Gasteiger partial charge in [0, 0.05) is 62.9 Å². The maximum atomic E-state index is 13.1. The van der Waals surface area contributed by atoms with E-state index in [0.29, 0.717) is 30.8 Å². The lowest BCUT2D eigenvalue weighted by atomic mass is 10.1. The van der Waals surface area contributed by atoms with E-state index in [1.54, 1.807) is 19.1 Å². The van der Waals surface area contributed by atoms with Gasteiger partial charge in [-0.05, 0) is 35.9 Å².